The number of aliphatic hydroxyl groups excluding tert-OH is 1. The first-order valence-corrected chi connectivity index (χ1v) is 6.39. The zero-order chi connectivity index (χ0) is 12.5. The SMILES string of the molecule is OCCC1C[C@@H]1C1CCN(CC(F)(F)F)CC1. The molecule has 1 heterocycles. The van der Waals surface area contributed by atoms with Crippen LogP contribution in [0, 0.1) is 17.8 Å². The maximum atomic E-state index is 12.2. The number of hydrogen-bond donors (Lipinski definition) is 1. The Bertz CT molecular complexity index is 249. The van der Waals surface area contributed by atoms with Crippen LogP contribution in [0.5, 0.6) is 0 Å². The van der Waals surface area contributed by atoms with Crippen molar-refractivity contribution in [2.45, 2.75) is 31.9 Å². The Morgan fingerprint density at radius 1 is 1.18 bits per heavy atom. The van der Waals surface area contributed by atoms with Crippen LogP contribution in [0.4, 0.5) is 13.2 Å². The lowest BCUT2D eigenvalue weighted by molar-refractivity contribution is -0.148. The molecule has 0 bridgehead atoms. The third kappa shape index (κ3) is 3.85. The number of rotatable bonds is 4. The van der Waals surface area contributed by atoms with Crippen molar-refractivity contribution < 1.29 is 18.3 Å². The van der Waals surface area contributed by atoms with Crippen LogP contribution in [0.2, 0.25) is 0 Å². The van der Waals surface area contributed by atoms with Crippen LogP contribution in [-0.2, 0) is 0 Å². The van der Waals surface area contributed by atoms with E-state index in [9.17, 15) is 13.2 Å². The molecule has 0 aromatic rings. The molecular weight excluding hydrogens is 231 g/mol. The van der Waals surface area contributed by atoms with Gasteiger partial charge in [-0.25, -0.2) is 0 Å². The number of halogens is 3. The largest absolute Gasteiger partial charge is 0.401 e. The van der Waals surface area contributed by atoms with Crippen LogP contribution in [0.15, 0.2) is 0 Å². The van der Waals surface area contributed by atoms with Crippen LogP contribution in [-0.4, -0.2) is 42.4 Å². The van der Waals surface area contributed by atoms with E-state index in [1.54, 1.807) is 0 Å². The molecule has 1 aliphatic heterocycles. The summed E-state index contributed by atoms with van der Waals surface area (Å²) < 4.78 is 36.6. The predicted molar refractivity (Wildman–Crippen MR) is 58.5 cm³/mol. The van der Waals surface area contributed by atoms with Gasteiger partial charge in [0.2, 0.25) is 0 Å². The van der Waals surface area contributed by atoms with Gasteiger partial charge in [-0.2, -0.15) is 13.2 Å². The van der Waals surface area contributed by atoms with E-state index in [0.717, 1.165) is 19.3 Å². The first-order chi connectivity index (χ1) is 7.99. The minimum Gasteiger partial charge on any atom is -0.396 e. The van der Waals surface area contributed by atoms with Crippen molar-refractivity contribution in [3.05, 3.63) is 0 Å². The Balaban J connectivity index is 1.69. The highest BCUT2D eigenvalue weighted by molar-refractivity contribution is 4.93. The van der Waals surface area contributed by atoms with Crippen molar-refractivity contribution in [3.8, 4) is 0 Å². The van der Waals surface area contributed by atoms with Gasteiger partial charge in [0.25, 0.3) is 0 Å². The average Bonchev–Trinajstić information content (AvgIpc) is 2.96. The summed E-state index contributed by atoms with van der Waals surface area (Å²) in [6.45, 7) is 0.636. The molecule has 2 fully saturated rings. The molecule has 2 nitrogen and oxygen atoms in total. The van der Waals surface area contributed by atoms with E-state index >= 15 is 0 Å². The molecule has 0 amide bonds. The molecule has 17 heavy (non-hydrogen) atoms. The fraction of sp³-hybridized carbons (Fsp3) is 1.00. The molecular formula is C12H20F3NO. The monoisotopic (exact) mass is 251 g/mol. The van der Waals surface area contributed by atoms with Crippen molar-refractivity contribution in [3.63, 3.8) is 0 Å². The van der Waals surface area contributed by atoms with E-state index in [4.69, 9.17) is 5.11 Å². The number of likely N-dealkylation sites (tertiary alicyclic amines) is 1. The van der Waals surface area contributed by atoms with Crippen LogP contribution in [0.3, 0.4) is 0 Å². The zero-order valence-electron chi connectivity index (χ0n) is 9.92. The molecule has 1 N–H and O–H groups in total. The number of nitrogens with zero attached hydrogens (tertiary/aromatic N) is 1. The predicted octanol–water partition coefficient (Wildman–Crippen LogP) is 2.28. The van der Waals surface area contributed by atoms with Gasteiger partial charge in [-0.3, -0.25) is 4.90 Å². The zero-order valence-corrected chi connectivity index (χ0v) is 9.92. The summed E-state index contributed by atoms with van der Waals surface area (Å²) in [4.78, 5) is 1.51. The second-order valence-electron chi connectivity index (χ2n) is 5.40. The summed E-state index contributed by atoms with van der Waals surface area (Å²) in [5, 5.41) is 8.83. The summed E-state index contributed by atoms with van der Waals surface area (Å²) in [5.74, 6) is 1.91. The van der Waals surface area contributed by atoms with Crippen LogP contribution < -0.4 is 0 Å². The van der Waals surface area contributed by atoms with Gasteiger partial charge in [0, 0.05) is 6.61 Å². The Labute approximate surface area is 99.8 Å². The number of aliphatic hydroxyl groups is 1. The third-order valence-electron chi connectivity index (χ3n) is 4.12. The van der Waals surface area contributed by atoms with E-state index in [1.807, 2.05) is 0 Å². The fourth-order valence-corrected chi connectivity index (χ4v) is 3.14. The molecule has 2 atom stereocenters. The van der Waals surface area contributed by atoms with Gasteiger partial charge in [-0.15, -0.1) is 0 Å². The van der Waals surface area contributed by atoms with Crippen LogP contribution in [0.25, 0.3) is 0 Å². The lowest BCUT2D eigenvalue weighted by Gasteiger charge is -2.32. The quantitative estimate of drug-likeness (QED) is 0.828. The molecule has 0 radical (unpaired) electrons. The Morgan fingerprint density at radius 2 is 1.82 bits per heavy atom. The first kappa shape index (κ1) is 13.1. The normalized spacial score (nSPS) is 31.8. The second kappa shape index (κ2) is 5.14. The molecule has 0 aromatic heterocycles. The molecule has 0 spiro atoms. The van der Waals surface area contributed by atoms with Gasteiger partial charge in [0.05, 0.1) is 6.54 Å². The minimum absolute atomic E-state index is 0.244. The molecule has 2 aliphatic rings. The summed E-state index contributed by atoms with van der Waals surface area (Å²) in [6.07, 6.45) is -0.241. The van der Waals surface area contributed by atoms with Gasteiger partial charge in [0.1, 0.15) is 0 Å². The van der Waals surface area contributed by atoms with Gasteiger partial charge < -0.3 is 5.11 Å². The average molecular weight is 251 g/mol. The summed E-state index contributed by atoms with van der Waals surface area (Å²) in [7, 11) is 0. The summed E-state index contributed by atoms with van der Waals surface area (Å²) in [5.41, 5.74) is 0. The standard InChI is InChI=1S/C12H20F3NO/c13-12(14,15)8-16-4-1-9(2-5-16)11-7-10(11)3-6-17/h9-11,17H,1-8H2/t10?,11-/m1/s1. The molecule has 0 aromatic carbocycles. The molecule has 1 aliphatic carbocycles. The maximum Gasteiger partial charge on any atom is 0.401 e. The highest BCUT2D eigenvalue weighted by atomic mass is 19.4. The maximum absolute atomic E-state index is 12.2. The molecule has 1 unspecified atom stereocenters. The molecule has 5 heteroatoms. The van der Waals surface area contributed by atoms with Crippen LogP contribution in [0.1, 0.15) is 25.7 Å². The van der Waals surface area contributed by atoms with E-state index in [2.05, 4.69) is 0 Å². The number of piperidine rings is 1. The topological polar surface area (TPSA) is 23.5 Å². The van der Waals surface area contributed by atoms with Gasteiger partial charge in [0.15, 0.2) is 0 Å². The van der Waals surface area contributed by atoms with E-state index < -0.39 is 12.7 Å². The molecule has 2 rings (SSSR count). The van der Waals surface area contributed by atoms with Crippen molar-refractivity contribution in [1.29, 1.82) is 0 Å². The first-order valence-electron chi connectivity index (χ1n) is 6.39. The lowest BCUT2D eigenvalue weighted by Crippen LogP contribution is -2.40. The number of alkyl halides is 3. The lowest BCUT2D eigenvalue weighted by atomic mass is 9.90. The molecule has 1 saturated carbocycles. The van der Waals surface area contributed by atoms with Crippen LogP contribution >= 0.6 is 0 Å². The van der Waals surface area contributed by atoms with Crippen molar-refractivity contribution in [2.75, 3.05) is 26.2 Å². The third-order valence-corrected chi connectivity index (χ3v) is 4.12. The van der Waals surface area contributed by atoms with Crippen molar-refractivity contribution in [2.24, 2.45) is 17.8 Å². The van der Waals surface area contributed by atoms with E-state index in [-0.39, 0.29) is 6.61 Å². The Hall–Kier alpha value is -0.290. The Morgan fingerprint density at radius 3 is 2.35 bits per heavy atom. The molecule has 100 valence electrons. The molecule has 1 saturated heterocycles. The van der Waals surface area contributed by atoms with E-state index in [0.29, 0.717) is 30.8 Å². The van der Waals surface area contributed by atoms with Gasteiger partial charge in [-0.1, -0.05) is 0 Å². The fourth-order valence-electron chi connectivity index (χ4n) is 3.14. The Kier molecular flexibility index (Phi) is 3.98. The summed E-state index contributed by atoms with van der Waals surface area (Å²) in [6, 6.07) is 0. The number of hydrogen-bond acceptors (Lipinski definition) is 2. The van der Waals surface area contributed by atoms with Gasteiger partial charge in [-0.05, 0) is 56.5 Å². The highest BCUT2D eigenvalue weighted by Crippen LogP contribution is 2.49. The van der Waals surface area contributed by atoms with Gasteiger partial charge >= 0.3 is 6.18 Å². The van der Waals surface area contributed by atoms with Crippen molar-refractivity contribution >= 4 is 0 Å². The van der Waals surface area contributed by atoms with Crippen molar-refractivity contribution in [1.82, 2.24) is 4.90 Å². The van der Waals surface area contributed by atoms with E-state index in [1.165, 1.54) is 11.3 Å². The minimum atomic E-state index is -4.06. The second-order valence-corrected chi connectivity index (χ2v) is 5.40. The smallest absolute Gasteiger partial charge is 0.396 e. The highest BCUT2D eigenvalue weighted by Gasteiger charge is 2.43. The summed E-state index contributed by atoms with van der Waals surface area (Å²) >= 11 is 0.